The van der Waals surface area contributed by atoms with Gasteiger partial charge >= 0.3 is 5.97 Å². The Morgan fingerprint density at radius 1 is 1.29 bits per heavy atom. The van der Waals surface area contributed by atoms with Gasteiger partial charge in [-0.05, 0) is 26.7 Å². The Kier molecular flexibility index (Phi) is 4.14. The zero-order valence-electron chi connectivity index (χ0n) is 10.6. The number of carbonyl (C=O) groups excluding carboxylic acids is 1. The zero-order chi connectivity index (χ0) is 13.1. The summed E-state index contributed by atoms with van der Waals surface area (Å²) in [6.07, 6.45) is 4.44. The second-order valence-corrected chi connectivity index (χ2v) is 5.59. The molecule has 1 amide bonds. The summed E-state index contributed by atoms with van der Waals surface area (Å²) >= 11 is 0. The van der Waals surface area contributed by atoms with Gasteiger partial charge in [0.15, 0.2) is 0 Å². The molecule has 0 radical (unpaired) electrons. The molecular weight excluding hydrogens is 220 g/mol. The number of hydrogen-bond acceptors (Lipinski definition) is 3. The van der Waals surface area contributed by atoms with Gasteiger partial charge in [0.25, 0.3) is 0 Å². The lowest BCUT2D eigenvalue weighted by Crippen LogP contribution is -2.59. The van der Waals surface area contributed by atoms with Crippen LogP contribution in [0.3, 0.4) is 0 Å². The van der Waals surface area contributed by atoms with E-state index >= 15 is 0 Å². The summed E-state index contributed by atoms with van der Waals surface area (Å²) in [6.45, 7) is 3.25. The molecule has 0 bridgehead atoms. The van der Waals surface area contributed by atoms with Gasteiger partial charge < -0.3 is 16.2 Å². The number of amides is 1. The van der Waals surface area contributed by atoms with Crippen molar-refractivity contribution in [3.05, 3.63) is 0 Å². The molecule has 0 spiro atoms. The molecule has 1 aliphatic rings. The summed E-state index contributed by atoms with van der Waals surface area (Å²) in [5.74, 6) is -1.15. The monoisotopic (exact) mass is 242 g/mol. The lowest BCUT2D eigenvalue weighted by Gasteiger charge is -2.38. The molecule has 0 saturated heterocycles. The third-order valence-electron chi connectivity index (χ3n) is 3.26. The Morgan fingerprint density at radius 2 is 1.82 bits per heavy atom. The van der Waals surface area contributed by atoms with Gasteiger partial charge in [0, 0.05) is 0 Å². The highest BCUT2D eigenvalue weighted by Gasteiger charge is 2.38. The highest BCUT2D eigenvalue weighted by Crippen LogP contribution is 2.31. The van der Waals surface area contributed by atoms with E-state index in [1.807, 2.05) is 0 Å². The van der Waals surface area contributed by atoms with E-state index in [2.05, 4.69) is 5.32 Å². The lowest BCUT2D eigenvalue weighted by atomic mass is 9.78. The summed E-state index contributed by atoms with van der Waals surface area (Å²) in [5, 5.41) is 11.8. The average molecular weight is 242 g/mol. The predicted molar refractivity (Wildman–Crippen MR) is 64.5 cm³/mol. The van der Waals surface area contributed by atoms with E-state index in [9.17, 15) is 9.59 Å². The van der Waals surface area contributed by atoms with Crippen LogP contribution >= 0.6 is 0 Å². The first-order valence-electron chi connectivity index (χ1n) is 6.08. The first-order chi connectivity index (χ1) is 7.75. The van der Waals surface area contributed by atoms with Crippen molar-refractivity contribution in [3.8, 4) is 0 Å². The molecule has 0 aromatic carbocycles. The average Bonchev–Trinajstić information content (AvgIpc) is 2.15. The number of carbonyl (C=O) groups is 2. The molecule has 4 N–H and O–H groups in total. The quantitative estimate of drug-likeness (QED) is 0.686. The number of nitrogens with two attached hydrogens (primary N) is 1. The fourth-order valence-electron chi connectivity index (χ4n) is 2.27. The topological polar surface area (TPSA) is 92.4 Å². The second-order valence-electron chi connectivity index (χ2n) is 5.59. The lowest BCUT2D eigenvalue weighted by molar-refractivity contribution is -0.140. The molecule has 5 heteroatoms. The minimum Gasteiger partial charge on any atom is -0.481 e. The van der Waals surface area contributed by atoms with Gasteiger partial charge in [-0.3, -0.25) is 9.59 Å². The Labute approximate surface area is 102 Å². The number of aliphatic carboxylic acids is 1. The summed E-state index contributed by atoms with van der Waals surface area (Å²) in [5.41, 5.74) is 4.16. The maximum atomic E-state index is 11.9. The highest BCUT2D eigenvalue weighted by atomic mass is 16.4. The maximum Gasteiger partial charge on any atom is 0.305 e. The minimum atomic E-state index is -0.969. The van der Waals surface area contributed by atoms with Crippen LogP contribution in [0.4, 0.5) is 0 Å². The van der Waals surface area contributed by atoms with Crippen LogP contribution in [-0.4, -0.2) is 28.1 Å². The molecule has 1 fully saturated rings. The van der Waals surface area contributed by atoms with Crippen molar-refractivity contribution in [1.82, 2.24) is 5.32 Å². The first kappa shape index (κ1) is 14.0. The van der Waals surface area contributed by atoms with Crippen molar-refractivity contribution >= 4 is 11.9 Å². The molecule has 1 rings (SSSR count). The van der Waals surface area contributed by atoms with E-state index in [-0.39, 0.29) is 12.3 Å². The van der Waals surface area contributed by atoms with Crippen LogP contribution in [0.25, 0.3) is 0 Å². The van der Waals surface area contributed by atoms with Gasteiger partial charge in [-0.15, -0.1) is 0 Å². The third-order valence-corrected chi connectivity index (χ3v) is 3.26. The Morgan fingerprint density at radius 3 is 2.24 bits per heavy atom. The van der Waals surface area contributed by atoms with Gasteiger partial charge in [0.05, 0.1) is 17.5 Å². The molecule has 0 atom stereocenters. The van der Waals surface area contributed by atoms with E-state index < -0.39 is 17.0 Å². The highest BCUT2D eigenvalue weighted by molar-refractivity contribution is 5.86. The smallest absolute Gasteiger partial charge is 0.305 e. The van der Waals surface area contributed by atoms with Gasteiger partial charge in [0.1, 0.15) is 0 Å². The zero-order valence-corrected chi connectivity index (χ0v) is 10.6. The summed E-state index contributed by atoms with van der Waals surface area (Å²) in [4.78, 5) is 22.8. The van der Waals surface area contributed by atoms with Crippen molar-refractivity contribution in [2.24, 2.45) is 5.73 Å². The number of carboxylic acids is 1. The largest absolute Gasteiger partial charge is 0.481 e. The fraction of sp³-hybridized carbons (Fsp3) is 0.833. The van der Waals surface area contributed by atoms with Gasteiger partial charge in [-0.2, -0.15) is 0 Å². The molecule has 0 aromatic heterocycles. The maximum absolute atomic E-state index is 11.9. The van der Waals surface area contributed by atoms with Gasteiger partial charge in [0.2, 0.25) is 5.91 Å². The fourth-order valence-corrected chi connectivity index (χ4v) is 2.27. The first-order valence-corrected chi connectivity index (χ1v) is 6.08. The molecule has 0 heterocycles. The Balaban J connectivity index is 2.76. The van der Waals surface area contributed by atoms with Crippen LogP contribution in [0.2, 0.25) is 0 Å². The van der Waals surface area contributed by atoms with Crippen LogP contribution in [0.15, 0.2) is 0 Å². The predicted octanol–water partition coefficient (Wildman–Crippen LogP) is 1.02. The molecule has 0 aliphatic heterocycles. The van der Waals surface area contributed by atoms with Crippen molar-refractivity contribution in [2.75, 3.05) is 0 Å². The van der Waals surface area contributed by atoms with Crippen LogP contribution in [0, 0.1) is 0 Å². The number of carboxylic acid groups (broad SMARTS) is 1. The number of nitrogens with one attached hydrogen (secondary N) is 1. The number of rotatable bonds is 4. The molecule has 17 heavy (non-hydrogen) atoms. The molecule has 0 aromatic rings. The standard InChI is InChI=1S/C12H22N2O3/c1-11(2,13)10(17)14-12(8-9(15)16)6-4-3-5-7-12/h3-8,13H2,1-2H3,(H,14,17)(H,15,16). The van der Waals surface area contributed by atoms with E-state index in [0.29, 0.717) is 0 Å². The molecule has 98 valence electrons. The number of hydrogen-bond donors (Lipinski definition) is 3. The van der Waals surface area contributed by atoms with E-state index in [1.165, 1.54) is 0 Å². The van der Waals surface area contributed by atoms with E-state index in [4.69, 9.17) is 10.8 Å². The van der Waals surface area contributed by atoms with Crippen molar-refractivity contribution in [1.29, 1.82) is 0 Å². The molecular formula is C12H22N2O3. The van der Waals surface area contributed by atoms with Crippen LogP contribution in [0.1, 0.15) is 52.4 Å². The van der Waals surface area contributed by atoms with Crippen molar-refractivity contribution < 1.29 is 14.7 Å². The normalized spacial score (nSPS) is 19.7. The van der Waals surface area contributed by atoms with Crippen LogP contribution in [-0.2, 0) is 9.59 Å². The SMILES string of the molecule is CC(C)(N)C(=O)NC1(CC(=O)O)CCCCC1. The third kappa shape index (κ3) is 4.00. The summed E-state index contributed by atoms with van der Waals surface area (Å²) in [7, 11) is 0. The van der Waals surface area contributed by atoms with Crippen molar-refractivity contribution in [3.63, 3.8) is 0 Å². The molecule has 1 aliphatic carbocycles. The van der Waals surface area contributed by atoms with Crippen LogP contribution in [0.5, 0.6) is 0 Å². The Bertz CT molecular complexity index is 301. The van der Waals surface area contributed by atoms with E-state index in [0.717, 1.165) is 32.1 Å². The minimum absolute atomic E-state index is 0.0190. The molecule has 1 saturated carbocycles. The van der Waals surface area contributed by atoms with Crippen molar-refractivity contribution in [2.45, 2.75) is 63.5 Å². The van der Waals surface area contributed by atoms with Gasteiger partial charge in [-0.25, -0.2) is 0 Å². The molecule has 0 unspecified atom stereocenters. The summed E-state index contributed by atoms with van der Waals surface area (Å²) < 4.78 is 0. The Hall–Kier alpha value is -1.10. The van der Waals surface area contributed by atoms with Gasteiger partial charge in [-0.1, -0.05) is 19.3 Å². The summed E-state index contributed by atoms with van der Waals surface area (Å²) in [6, 6.07) is 0. The second kappa shape index (κ2) is 5.04. The van der Waals surface area contributed by atoms with E-state index in [1.54, 1.807) is 13.8 Å². The van der Waals surface area contributed by atoms with Crippen LogP contribution < -0.4 is 11.1 Å². The molecule has 5 nitrogen and oxygen atoms in total.